The molecule has 0 saturated carbocycles. The van der Waals surface area contributed by atoms with E-state index in [4.69, 9.17) is 16.7 Å². The van der Waals surface area contributed by atoms with Crippen LogP contribution in [0.15, 0.2) is 18.3 Å². The lowest BCUT2D eigenvalue weighted by Gasteiger charge is -2.21. The number of nitrogens with zero attached hydrogens (tertiary/aromatic N) is 2. The molecular formula is C10H13ClN2O2. The van der Waals surface area contributed by atoms with Crippen LogP contribution in [0, 0.1) is 5.92 Å². The van der Waals surface area contributed by atoms with Crippen molar-refractivity contribution in [2.24, 2.45) is 5.92 Å². The van der Waals surface area contributed by atoms with Crippen molar-refractivity contribution in [2.45, 2.75) is 6.92 Å². The van der Waals surface area contributed by atoms with Crippen LogP contribution in [0.3, 0.4) is 0 Å². The maximum atomic E-state index is 10.7. The van der Waals surface area contributed by atoms with Gasteiger partial charge in [-0.3, -0.25) is 4.79 Å². The molecule has 0 aliphatic heterocycles. The number of rotatable bonds is 4. The van der Waals surface area contributed by atoms with Gasteiger partial charge in [0.25, 0.3) is 0 Å². The second-order valence-corrected chi connectivity index (χ2v) is 3.79. The summed E-state index contributed by atoms with van der Waals surface area (Å²) >= 11 is 5.88. The third-order valence-corrected chi connectivity index (χ3v) is 2.41. The highest BCUT2D eigenvalue weighted by Crippen LogP contribution is 2.22. The lowest BCUT2D eigenvalue weighted by atomic mass is 10.1. The van der Waals surface area contributed by atoms with E-state index in [1.54, 1.807) is 31.1 Å². The van der Waals surface area contributed by atoms with E-state index in [9.17, 15) is 4.79 Å². The fraction of sp³-hybridized carbons (Fsp3) is 0.400. The largest absolute Gasteiger partial charge is 0.481 e. The topological polar surface area (TPSA) is 53.4 Å². The zero-order valence-corrected chi connectivity index (χ0v) is 9.40. The molecule has 1 aromatic rings. The first-order chi connectivity index (χ1) is 7.02. The Hall–Kier alpha value is -1.29. The minimum atomic E-state index is -0.818. The van der Waals surface area contributed by atoms with Gasteiger partial charge in [-0.25, -0.2) is 4.98 Å². The molecule has 0 spiro atoms. The van der Waals surface area contributed by atoms with E-state index >= 15 is 0 Å². The van der Waals surface area contributed by atoms with Crippen molar-refractivity contribution >= 4 is 23.3 Å². The predicted octanol–water partition coefficient (Wildman–Crippen LogP) is 1.89. The lowest BCUT2D eigenvalue weighted by molar-refractivity contribution is -0.140. The molecule has 5 heteroatoms. The molecule has 1 atom stereocenters. The predicted molar refractivity (Wildman–Crippen MR) is 59.3 cm³/mol. The summed E-state index contributed by atoms with van der Waals surface area (Å²) in [5.41, 5.74) is 0.743. The molecule has 1 heterocycles. The third kappa shape index (κ3) is 3.09. The van der Waals surface area contributed by atoms with Gasteiger partial charge < -0.3 is 10.0 Å². The molecule has 0 amide bonds. The molecule has 82 valence electrons. The van der Waals surface area contributed by atoms with Gasteiger partial charge in [-0.1, -0.05) is 18.5 Å². The van der Waals surface area contributed by atoms with Crippen molar-refractivity contribution in [3.8, 4) is 0 Å². The Bertz CT molecular complexity index is 357. The minimum Gasteiger partial charge on any atom is -0.481 e. The average molecular weight is 229 g/mol. The Morgan fingerprint density at radius 1 is 1.73 bits per heavy atom. The molecule has 0 fully saturated rings. The molecular weight excluding hydrogens is 216 g/mol. The Morgan fingerprint density at radius 2 is 2.40 bits per heavy atom. The van der Waals surface area contributed by atoms with Crippen molar-refractivity contribution in [3.63, 3.8) is 0 Å². The van der Waals surface area contributed by atoms with Crippen LogP contribution in [0.5, 0.6) is 0 Å². The van der Waals surface area contributed by atoms with Crippen LogP contribution in [0.25, 0.3) is 0 Å². The Kier molecular flexibility index (Phi) is 3.91. The summed E-state index contributed by atoms with van der Waals surface area (Å²) in [6.45, 7) is 2.06. The smallest absolute Gasteiger partial charge is 0.308 e. The van der Waals surface area contributed by atoms with Gasteiger partial charge in [-0.15, -0.1) is 0 Å². The summed E-state index contributed by atoms with van der Waals surface area (Å²) in [5.74, 6) is -1.26. The highest BCUT2D eigenvalue weighted by atomic mass is 35.5. The second-order valence-electron chi connectivity index (χ2n) is 3.43. The van der Waals surface area contributed by atoms with E-state index in [1.165, 1.54) is 0 Å². The molecule has 1 unspecified atom stereocenters. The number of hydrogen-bond acceptors (Lipinski definition) is 3. The molecule has 1 N–H and O–H groups in total. The summed E-state index contributed by atoms with van der Waals surface area (Å²) in [7, 11) is 1.79. The summed E-state index contributed by atoms with van der Waals surface area (Å²) < 4.78 is 0. The molecule has 15 heavy (non-hydrogen) atoms. The fourth-order valence-corrected chi connectivity index (χ4v) is 1.51. The van der Waals surface area contributed by atoms with Crippen molar-refractivity contribution in [2.75, 3.05) is 18.5 Å². The molecule has 1 aromatic heterocycles. The molecule has 0 saturated heterocycles. The number of pyridine rings is 1. The monoisotopic (exact) mass is 228 g/mol. The van der Waals surface area contributed by atoms with E-state index in [-0.39, 0.29) is 0 Å². The number of anilines is 1. The molecule has 4 nitrogen and oxygen atoms in total. The van der Waals surface area contributed by atoms with E-state index in [1.807, 2.05) is 6.07 Å². The average Bonchev–Trinajstić information content (AvgIpc) is 2.18. The van der Waals surface area contributed by atoms with Gasteiger partial charge in [-0.05, 0) is 12.1 Å². The van der Waals surface area contributed by atoms with Crippen molar-refractivity contribution in [1.29, 1.82) is 0 Å². The van der Waals surface area contributed by atoms with Gasteiger partial charge in [0.15, 0.2) is 5.15 Å². The standard InChI is InChI=1S/C10H13ClN2O2/c1-7(10(14)15)6-13(2)8-4-3-5-12-9(8)11/h3-5,7H,6H2,1-2H3,(H,14,15). The summed E-state index contributed by atoms with van der Waals surface area (Å²) in [6, 6.07) is 3.58. The molecule has 0 radical (unpaired) electrons. The van der Waals surface area contributed by atoms with E-state index in [2.05, 4.69) is 4.98 Å². The Labute approximate surface area is 93.5 Å². The van der Waals surface area contributed by atoms with Crippen molar-refractivity contribution in [1.82, 2.24) is 4.98 Å². The zero-order valence-electron chi connectivity index (χ0n) is 8.64. The lowest BCUT2D eigenvalue weighted by Crippen LogP contribution is -2.28. The number of carboxylic acid groups (broad SMARTS) is 1. The molecule has 0 aliphatic carbocycles. The van der Waals surface area contributed by atoms with E-state index in [0.717, 1.165) is 5.69 Å². The number of aliphatic carboxylic acids is 1. The van der Waals surface area contributed by atoms with Crippen LogP contribution in [-0.4, -0.2) is 29.7 Å². The number of hydrogen-bond donors (Lipinski definition) is 1. The van der Waals surface area contributed by atoms with Gasteiger partial charge in [0, 0.05) is 19.8 Å². The van der Waals surface area contributed by atoms with Crippen LogP contribution in [-0.2, 0) is 4.79 Å². The van der Waals surface area contributed by atoms with E-state index < -0.39 is 11.9 Å². The first-order valence-electron chi connectivity index (χ1n) is 4.57. The highest BCUT2D eigenvalue weighted by Gasteiger charge is 2.15. The normalized spacial score (nSPS) is 12.2. The summed E-state index contributed by atoms with van der Waals surface area (Å²) in [6.07, 6.45) is 1.60. The zero-order chi connectivity index (χ0) is 11.4. The second kappa shape index (κ2) is 4.98. The maximum absolute atomic E-state index is 10.7. The first kappa shape index (κ1) is 11.8. The van der Waals surface area contributed by atoms with Crippen LogP contribution < -0.4 is 4.90 Å². The van der Waals surface area contributed by atoms with Crippen molar-refractivity contribution in [3.05, 3.63) is 23.5 Å². The van der Waals surface area contributed by atoms with Crippen LogP contribution in [0.2, 0.25) is 5.15 Å². The van der Waals surface area contributed by atoms with Gasteiger partial charge >= 0.3 is 5.97 Å². The Balaban J connectivity index is 2.73. The highest BCUT2D eigenvalue weighted by molar-refractivity contribution is 6.32. The molecule has 1 rings (SSSR count). The number of carboxylic acids is 1. The first-order valence-corrected chi connectivity index (χ1v) is 4.94. The molecule has 0 aromatic carbocycles. The maximum Gasteiger partial charge on any atom is 0.308 e. The quantitative estimate of drug-likeness (QED) is 0.800. The number of halogens is 1. The Morgan fingerprint density at radius 3 is 2.93 bits per heavy atom. The van der Waals surface area contributed by atoms with Gasteiger partial charge in [0.05, 0.1) is 11.6 Å². The van der Waals surface area contributed by atoms with Crippen LogP contribution in [0.1, 0.15) is 6.92 Å². The third-order valence-electron chi connectivity index (χ3n) is 2.12. The fourth-order valence-electron chi connectivity index (χ4n) is 1.25. The van der Waals surface area contributed by atoms with E-state index in [0.29, 0.717) is 11.7 Å². The molecule has 0 bridgehead atoms. The number of aromatic nitrogens is 1. The van der Waals surface area contributed by atoms with Gasteiger partial charge in [0.1, 0.15) is 0 Å². The van der Waals surface area contributed by atoms with Crippen LogP contribution in [0.4, 0.5) is 5.69 Å². The van der Waals surface area contributed by atoms with Crippen molar-refractivity contribution < 1.29 is 9.90 Å². The molecule has 0 aliphatic rings. The van der Waals surface area contributed by atoms with Crippen LogP contribution >= 0.6 is 11.6 Å². The SMILES string of the molecule is CC(CN(C)c1cccnc1Cl)C(=O)O. The number of carbonyl (C=O) groups is 1. The van der Waals surface area contributed by atoms with Gasteiger partial charge in [0.2, 0.25) is 0 Å². The minimum absolute atomic E-state index is 0.387. The summed E-state index contributed by atoms with van der Waals surface area (Å²) in [5, 5.41) is 9.16. The summed E-state index contributed by atoms with van der Waals surface area (Å²) in [4.78, 5) is 16.4. The van der Waals surface area contributed by atoms with Gasteiger partial charge in [-0.2, -0.15) is 0 Å².